The molecule has 11 rings (SSSR count). The third-order valence-electron chi connectivity index (χ3n) is 13.2. The van der Waals surface area contributed by atoms with Gasteiger partial charge in [0.2, 0.25) is 0 Å². The Balaban J connectivity index is 1.05. The van der Waals surface area contributed by atoms with Crippen LogP contribution in [0.25, 0.3) is 51.4 Å². The van der Waals surface area contributed by atoms with Gasteiger partial charge in [-0.15, -0.1) is 0 Å². The van der Waals surface area contributed by atoms with Gasteiger partial charge >= 0.3 is 0 Å². The summed E-state index contributed by atoms with van der Waals surface area (Å²) >= 11 is 0. The van der Waals surface area contributed by atoms with E-state index in [9.17, 15) is 0 Å². The van der Waals surface area contributed by atoms with Crippen molar-refractivity contribution >= 4 is 45.7 Å². The van der Waals surface area contributed by atoms with Gasteiger partial charge < -0.3 is 0 Å². The molecule has 0 radical (unpaired) electrons. The average Bonchev–Trinajstić information content (AvgIpc) is 3.65. The number of nitrogens with zero attached hydrogens (tertiary/aromatic N) is 2. The van der Waals surface area contributed by atoms with Crippen LogP contribution >= 0.6 is 0 Å². The third kappa shape index (κ3) is 5.72. The van der Waals surface area contributed by atoms with Crippen LogP contribution in [0.15, 0.2) is 132 Å². The van der Waals surface area contributed by atoms with Crippen molar-refractivity contribution in [3.63, 3.8) is 0 Å². The molecule has 55 heavy (non-hydrogen) atoms. The topological polar surface area (TPSA) is 17.8 Å². The summed E-state index contributed by atoms with van der Waals surface area (Å²) in [5.41, 5.74) is 18.6. The quantitative estimate of drug-likeness (QED) is 0.201. The molecule has 7 aliphatic carbocycles. The van der Waals surface area contributed by atoms with Gasteiger partial charge in [0.05, 0.1) is 11.4 Å². The van der Waals surface area contributed by atoms with Gasteiger partial charge in [0.25, 0.3) is 0 Å². The molecule has 0 bridgehead atoms. The van der Waals surface area contributed by atoms with Gasteiger partial charge in [0.1, 0.15) is 5.82 Å². The highest BCUT2D eigenvalue weighted by Gasteiger charge is 2.26. The fraction of sp³-hybridized carbons (Fsp3) is 0.264. The van der Waals surface area contributed by atoms with Gasteiger partial charge in [-0.25, -0.2) is 4.98 Å². The van der Waals surface area contributed by atoms with E-state index in [2.05, 4.69) is 132 Å². The third-order valence-corrected chi connectivity index (χ3v) is 13.2. The van der Waals surface area contributed by atoms with Crippen LogP contribution in [0.2, 0.25) is 0 Å². The first-order chi connectivity index (χ1) is 27.3. The van der Waals surface area contributed by atoms with E-state index in [1.54, 1.807) is 22.3 Å². The average molecular weight is 713 g/mol. The second-order valence-electron chi connectivity index (χ2n) is 16.4. The zero-order chi connectivity index (χ0) is 36.3. The van der Waals surface area contributed by atoms with E-state index in [-0.39, 0.29) is 5.92 Å². The second-order valence-corrected chi connectivity index (χ2v) is 16.4. The molecule has 4 aromatic rings. The van der Waals surface area contributed by atoms with Crippen molar-refractivity contribution in [1.82, 2.24) is 9.55 Å². The van der Waals surface area contributed by atoms with Crippen molar-refractivity contribution in [2.24, 2.45) is 0 Å². The van der Waals surface area contributed by atoms with Crippen molar-refractivity contribution in [3.8, 4) is 5.69 Å². The van der Waals surface area contributed by atoms with Gasteiger partial charge in [-0.05, 0) is 185 Å². The molecule has 1 aromatic heterocycles. The molecule has 0 fully saturated rings. The molecule has 0 spiro atoms. The van der Waals surface area contributed by atoms with Crippen LogP contribution in [0.3, 0.4) is 0 Å². The summed E-state index contributed by atoms with van der Waals surface area (Å²) in [5, 5.41) is 5.82. The van der Waals surface area contributed by atoms with Crippen LogP contribution < -0.4 is 10.4 Å². The molecular weight excluding hydrogens is 665 g/mol. The summed E-state index contributed by atoms with van der Waals surface area (Å²) in [6, 6.07) is 18.3. The summed E-state index contributed by atoms with van der Waals surface area (Å²) in [6.45, 7) is 0. The zero-order valence-corrected chi connectivity index (χ0v) is 31.8. The first-order valence-corrected chi connectivity index (χ1v) is 21.0. The summed E-state index contributed by atoms with van der Waals surface area (Å²) < 4.78 is 2.41. The fourth-order valence-electron chi connectivity index (χ4n) is 10.4. The number of imidazole rings is 1. The Bertz CT molecular complexity index is 2710. The van der Waals surface area contributed by atoms with Crippen molar-refractivity contribution < 1.29 is 0 Å². The maximum atomic E-state index is 5.30. The highest BCUT2D eigenvalue weighted by Crippen LogP contribution is 2.42. The summed E-state index contributed by atoms with van der Waals surface area (Å²) in [4.78, 5) is 5.30. The molecule has 270 valence electrons. The molecule has 2 heteroatoms. The van der Waals surface area contributed by atoms with Gasteiger partial charge in [-0.1, -0.05) is 103 Å². The second kappa shape index (κ2) is 13.7. The molecule has 0 saturated carbocycles. The Morgan fingerprint density at radius 3 is 1.93 bits per heavy atom. The predicted octanol–water partition coefficient (Wildman–Crippen LogP) is 12.1. The molecule has 7 aliphatic rings. The van der Waals surface area contributed by atoms with Crippen LogP contribution in [0.5, 0.6) is 0 Å². The zero-order valence-electron chi connectivity index (χ0n) is 31.8. The first-order valence-electron chi connectivity index (χ1n) is 21.0. The van der Waals surface area contributed by atoms with Crippen LogP contribution in [-0.2, 0) is 6.42 Å². The number of fused-ring (bicyclic) bond motifs is 3. The molecular formula is C53H48N2. The van der Waals surface area contributed by atoms with E-state index in [1.807, 2.05) is 0 Å². The molecule has 3 aromatic carbocycles. The summed E-state index contributed by atoms with van der Waals surface area (Å²) in [5.74, 6) is 1.38. The lowest BCUT2D eigenvalue weighted by molar-refractivity contribution is 0.749. The van der Waals surface area contributed by atoms with E-state index in [1.165, 1.54) is 78.1 Å². The normalized spacial score (nSPS) is 21.2. The highest BCUT2D eigenvalue weighted by atomic mass is 15.1. The lowest BCUT2D eigenvalue weighted by Crippen LogP contribution is -2.34. The number of aryl methyl sites for hydroxylation is 1. The van der Waals surface area contributed by atoms with Gasteiger partial charge in [-0.3, -0.25) is 4.57 Å². The van der Waals surface area contributed by atoms with Gasteiger partial charge in [0, 0.05) is 11.6 Å². The van der Waals surface area contributed by atoms with Gasteiger partial charge in [-0.2, -0.15) is 0 Å². The molecule has 0 amide bonds. The summed E-state index contributed by atoms with van der Waals surface area (Å²) in [7, 11) is 0. The van der Waals surface area contributed by atoms with Crippen molar-refractivity contribution in [3.05, 3.63) is 176 Å². The number of rotatable bonds is 5. The number of hydrogen-bond donors (Lipinski definition) is 0. The van der Waals surface area contributed by atoms with E-state index in [0.29, 0.717) is 0 Å². The molecule has 0 aliphatic heterocycles. The Kier molecular flexibility index (Phi) is 8.19. The minimum absolute atomic E-state index is 0.231. The molecule has 2 nitrogen and oxygen atoms in total. The SMILES string of the molecule is C1=CC2=C(C=C(c3c4c(c(C5=CC6=C(C=CCC6)CC5)c5cc(C6=CCC(c7nc8c(n7-c7ccccc7)C=CCC8)C=C6)ccc35)=CCCC=4)CC2)CC1. The maximum Gasteiger partial charge on any atom is 0.121 e. The van der Waals surface area contributed by atoms with E-state index >= 15 is 0 Å². The van der Waals surface area contributed by atoms with Crippen LogP contribution in [-0.4, -0.2) is 9.55 Å². The number of allylic oxidation sites excluding steroid dienone is 17. The number of benzene rings is 3. The monoisotopic (exact) mass is 712 g/mol. The smallest absolute Gasteiger partial charge is 0.121 e. The number of aromatic nitrogens is 2. The minimum Gasteiger partial charge on any atom is -0.296 e. The van der Waals surface area contributed by atoms with E-state index in [4.69, 9.17) is 4.98 Å². The molecule has 1 atom stereocenters. The summed E-state index contributed by atoms with van der Waals surface area (Å²) in [6.07, 6.45) is 46.1. The molecule has 0 N–H and O–H groups in total. The molecule has 0 saturated heterocycles. The largest absolute Gasteiger partial charge is 0.296 e. The van der Waals surface area contributed by atoms with Crippen molar-refractivity contribution in [2.45, 2.75) is 89.4 Å². The predicted molar refractivity (Wildman–Crippen MR) is 232 cm³/mol. The number of hydrogen-bond acceptors (Lipinski definition) is 1. The van der Waals surface area contributed by atoms with Crippen LogP contribution in [0.4, 0.5) is 0 Å². The Labute approximate surface area is 325 Å². The molecule has 1 unspecified atom stereocenters. The van der Waals surface area contributed by atoms with E-state index < -0.39 is 0 Å². The molecule has 1 heterocycles. The first kappa shape index (κ1) is 32.9. The lowest BCUT2D eigenvalue weighted by atomic mass is 9.78. The standard InChI is InChI=1S/C53H48N2/c1-2-16-44(17-3-1)55-50-21-11-10-20-49(50)54-53(55)38-26-22-37(23-27-38)41-30-31-47-48(34-41)52(43-29-25-36-13-5-7-15-40(36)33-43)46-19-9-8-18-45(46)51(47)42-28-24-35-12-4-6-14-39(35)32-42/h1-5,11-13,16-19,21-23,26,30-34,38H,6-10,14-15,20,24-25,27-29H2. The van der Waals surface area contributed by atoms with E-state index in [0.717, 1.165) is 82.9 Å². The van der Waals surface area contributed by atoms with Crippen LogP contribution in [0, 0.1) is 0 Å². The van der Waals surface area contributed by atoms with Crippen molar-refractivity contribution in [1.29, 1.82) is 0 Å². The minimum atomic E-state index is 0.231. The Hall–Kier alpha value is -5.47. The number of para-hydroxylation sites is 1. The lowest BCUT2D eigenvalue weighted by Gasteiger charge is -2.26. The fourth-order valence-corrected chi connectivity index (χ4v) is 10.4. The van der Waals surface area contributed by atoms with Crippen LogP contribution in [0.1, 0.15) is 117 Å². The Morgan fingerprint density at radius 2 is 1.24 bits per heavy atom. The van der Waals surface area contributed by atoms with Crippen molar-refractivity contribution in [2.75, 3.05) is 0 Å². The highest BCUT2D eigenvalue weighted by molar-refractivity contribution is 6.04. The Morgan fingerprint density at radius 1 is 0.564 bits per heavy atom. The maximum absolute atomic E-state index is 5.30. The van der Waals surface area contributed by atoms with Gasteiger partial charge in [0.15, 0.2) is 0 Å².